The number of esters is 1. The second kappa shape index (κ2) is 10.2. The molecule has 1 aliphatic rings. The number of phenolic OH excluding ortho intramolecular Hbond substituents is 1. The van der Waals surface area contributed by atoms with E-state index < -0.39 is 64.9 Å². The number of ether oxygens (including phenoxy) is 2. The Morgan fingerprint density at radius 3 is 2.70 bits per heavy atom. The summed E-state index contributed by atoms with van der Waals surface area (Å²) in [4.78, 5) is 36.5. The Balaban J connectivity index is 1.54. The first-order valence-electron chi connectivity index (χ1n) is 11.0. The van der Waals surface area contributed by atoms with Gasteiger partial charge in [-0.15, -0.1) is 0 Å². The number of alkyl halides is 1. The molecule has 1 aliphatic heterocycles. The Labute approximate surface area is 210 Å². The van der Waals surface area contributed by atoms with Gasteiger partial charge in [0.05, 0.1) is 17.8 Å². The zero-order valence-electron chi connectivity index (χ0n) is 19.6. The molecule has 0 bridgehead atoms. The van der Waals surface area contributed by atoms with E-state index in [1.165, 1.54) is 35.2 Å². The highest BCUT2D eigenvalue weighted by Gasteiger charge is 2.49. The van der Waals surface area contributed by atoms with E-state index in [9.17, 15) is 23.1 Å². The van der Waals surface area contributed by atoms with E-state index >= 15 is 4.39 Å². The van der Waals surface area contributed by atoms with Crippen LogP contribution >= 0.6 is 0 Å². The lowest BCUT2D eigenvalue weighted by molar-refractivity contribution is -0.157. The fourth-order valence-electron chi connectivity index (χ4n) is 3.62. The Hall–Kier alpha value is -3.89. The van der Waals surface area contributed by atoms with Crippen LogP contribution in [0.2, 0.25) is 0 Å². The number of hydrogen-bond acceptors (Lipinski definition) is 11. The Morgan fingerprint density at radius 1 is 1.27 bits per heavy atom. The number of carbonyl (C=O) groups is 2. The van der Waals surface area contributed by atoms with E-state index in [-0.39, 0.29) is 22.5 Å². The van der Waals surface area contributed by atoms with Crippen molar-refractivity contribution in [1.82, 2.24) is 29.0 Å². The Morgan fingerprint density at radius 2 is 2.00 bits per heavy atom. The van der Waals surface area contributed by atoms with Crippen LogP contribution in [-0.4, -0.2) is 69.8 Å². The fourth-order valence-corrected chi connectivity index (χ4v) is 4.43. The van der Waals surface area contributed by atoms with Crippen molar-refractivity contribution in [3.63, 3.8) is 0 Å². The monoisotopic (exact) mass is 537 g/mol. The molecule has 3 aromatic rings. The zero-order chi connectivity index (χ0) is 26.9. The first-order valence-corrected chi connectivity index (χ1v) is 12.5. The lowest BCUT2D eigenvalue weighted by atomic mass is 10.1. The number of anilines is 1. The molecule has 0 unspecified atom stereocenters. The highest BCUT2D eigenvalue weighted by Crippen LogP contribution is 2.36. The van der Waals surface area contributed by atoms with Crippen LogP contribution in [0.25, 0.3) is 11.2 Å². The molecule has 0 saturated carbocycles. The van der Waals surface area contributed by atoms with Crippen LogP contribution in [-0.2, 0) is 24.5 Å². The molecular weight excluding hydrogens is 513 g/mol. The molecule has 5 N–H and O–H groups in total. The summed E-state index contributed by atoms with van der Waals surface area (Å²) in [5.74, 6) is -2.77. The van der Waals surface area contributed by atoms with Gasteiger partial charge in [-0.05, 0) is 12.1 Å². The summed E-state index contributed by atoms with van der Waals surface area (Å²) in [6.45, 7) is 2.54. The quantitative estimate of drug-likeness (QED) is 0.286. The molecule has 0 radical (unpaired) electrons. The summed E-state index contributed by atoms with van der Waals surface area (Å²) in [6, 6.07) is 5.34. The normalized spacial score (nSPS) is 21.8. The highest BCUT2D eigenvalue weighted by atomic mass is 32.2. The molecule has 4 rings (SSSR count). The molecule has 0 aliphatic carbocycles. The zero-order valence-corrected chi connectivity index (χ0v) is 20.4. The predicted molar refractivity (Wildman–Crippen MR) is 126 cm³/mol. The molecule has 2 aromatic heterocycles. The summed E-state index contributed by atoms with van der Waals surface area (Å²) in [5.41, 5.74) is 5.87. The van der Waals surface area contributed by atoms with Gasteiger partial charge in [0, 0.05) is 6.54 Å². The summed E-state index contributed by atoms with van der Waals surface area (Å²) in [6.07, 6.45) is -3.75. The molecule has 0 spiro atoms. The van der Waals surface area contributed by atoms with Crippen molar-refractivity contribution in [2.75, 3.05) is 12.3 Å². The van der Waals surface area contributed by atoms with Gasteiger partial charge < -0.3 is 20.3 Å². The standard InChI is InChI=1S/C21H24FN7O7S/c1-10(2)21(32)36-16-13(7-27-37(33,34)28-19(31)11-5-3-4-6-12(11)30)35-20(14(16)22)29-9-26-15-17(23)24-8-25-18(15)29/h3-6,8-10,13-14,16,20,27,30H,7H2,1-2H3,(H,28,31)(H2,23,24,25)/t13-,14-,16-,20-/m1/s1. The van der Waals surface area contributed by atoms with Gasteiger partial charge in [-0.25, -0.2) is 24.1 Å². The van der Waals surface area contributed by atoms with Crippen LogP contribution in [0, 0.1) is 5.92 Å². The number of phenols is 1. The van der Waals surface area contributed by atoms with Gasteiger partial charge >= 0.3 is 16.2 Å². The SMILES string of the molecule is CC(C)C(=O)O[C@H]1[C@@H](F)[C@H](n2cnc3c(N)ncnc32)O[C@@H]1CNS(=O)(=O)NC(=O)c1ccccc1O. The van der Waals surface area contributed by atoms with E-state index in [1.54, 1.807) is 18.6 Å². The Bertz CT molecular complexity index is 1430. The maximum Gasteiger partial charge on any atom is 0.308 e. The van der Waals surface area contributed by atoms with Crippen LogP contribution in [0.1, 0.15) is 30.4 Å². The largest absolute Gasteiger partial charge is 0.507 e. The smallest absolute Gasteiger partial charge is 0.308 e. The molecule has 1 amide bonds. The van der Waals surface area contributed by atoms with Gasteiger partial charge in [0.15, 0.2) is 30.0 Å². The van der Waals surface area contributed by atoms with E-state index in [0.29, 0.717) is 0 Å². The summed E-state index contributed by atoms with van der Waals surface area (Å²) in [7, 11) is -4.49. The minimum absolute atomic E-state index is 0.0597. The number of halogens is 1. The molecule has 16 heteroatoms. The van der Waals surface area contributed by atoms with Crippen LogP contribution in [0.15, 0.2) is 36.9 Å². The molecule has 14 nitrogen and oxygen atoms in total. The van der Waals surface area contributed by atoms with Crippen molar-refractivity contribution >= 4 is 39.1 Å². The average Bonchev–Trinajstić information content (AvgIpc) is 3.40. The van der Waals surface area contributed by atoms with Crippen molar-refractivity contribution < 1.29 is 37.0 Å². The number of imidazole rings is 1. The third-order valence-electron chi connectivity index (χ3n) is 5.50. The van der Waals surface area contributed by atoms with Crippen LogP contribution in [0.5, 0.6) is 5.75 Å². The number of nitrogens with zero attached hydrogens (tertiary/aromatic N) is 4. The lowest BCUT2D eigenvalue weighted by Crippen LogP contribution is -2.46. The highest BCUT2D eigenvalue weighted by molar-refractivity contribution is 7.88. The average molecular weight is 538 g/mol. The van der Waals surface area contributed by atoms with Crippen molar-refractivity contribution in [3.05, 3.63) is 42.5 Å². The van der Waals surface area contributed by atoms with Gasteiger partial charge in [0.25, 0.3) is 5.91 Å². The molecular formula is C21H24FN7O7S. The minimum atomic E-state index is -4.49. The minimum Gasteiger partial charge on any atom is -0.507 e. The van der Waals surface area contributed by atoms with Crippen LogP contribution < -0.4 is 15.2 Å². The van der Waals surface area contributed by atoms with Crippen molar-refractivity contribution in [3.8, 4) is 5.75 Å². The first-order chi connectivity index (χ1) is 17.5. The number of aromatic nitrogens is 4. The molecule has 4 atom stereocenters. The number of amides is 1. The van der Waals surface area contributed by atoms with E-state index in [2.05, 4.69) is 19.7 Å². The predicted octanol–water partition coefficient (Wildman–Crippen LogP) is 0.182. The van der Waals surface area contributed by atoms with E-state index in [4.69, 9.17) is 15.2 Å². The molecule has 37 heavy (non-hydrogen) atoms. The number of hydrogen-bond donors (Lipinski definition) is 4. The van der Waals surface area contributed by atoms with Gasteiger partial charge in [-0.3, -0.25) is 14.2 Å². The maximum absolute atomic E-state index is 15.6. The number of rotatable bonds is 8. The van der Waals surface area contributed by atoms with Crippen molar-refractivity contribution in [2.24, 2.45) is 5.92 Å². The van der Waals surface area contributed by atoms with Gasteiger partial charge in [0.1, 0.15) is 23.7 Å². The molecule has 1 saturated heterocycles. The number of para-hydroxylation sites is 1. The van der Waals surface area contributed by atoms with E-state index in [1.807, 2.05) is 0 Å². The molecule has 1 fully saturated rings. The number of fused-ring (bicyclic) bond motifs is 1. The third kappa shape index (κ3) is 5.45. The number of benzene rings is 1. The third-order valence-corrected chi connectivity index (χ3v) is 6.50. The number of nitrogens with two attached hydrogens (primary N) is 1. The molecule has 3 heterocycles. The molecule has 198 valence electrons. The van der Waals surface area contributed by atoms with Crippen LogP contribution in [0.4, 0.5) is 10.2 Å². The van der Waals surface area contributed by atoms with Gasteiger partial charge in [0.2, 0.25) is 0 Å². The molecule has 1 aromatic carbocycles. The summed E-state index contributed by atoms with van der Waals surface area (Å²) in [5, 5.41) is 9.77. The number of nitrogens with one attached hydrogen (secondary N) is 2. The van der Waals surface area contributed by atoms with Gasteiger partial charge in [-0.1, -0.05) is 26.0 Å². The number of carbonyl (C=O) groups excluding carboxylic acids is 2. The summed E-state index contributed by atoms with van der Waals surface area (Å²) >= 11 is 0. The number of nitrogen functional groups attached to an aromatic ring is 1. The van der Waals surface area contributed by atoms with E-state index in [0.717, 1.165) is 6.33 Å². The topological polar surface area (TPSA) is 201 Å². The van der Waals surface area contributed by atoms with Gasteiger partial charge in [-0.2, -0.15) is 13.1 Å². The van der Waals surface area contributed by atoms with Crippen molar-refractivity contribution in [2.45, 2.75) is 38.5 Å². The first kappa shape index (κ1) is 26.2. The summed E-state index contributed by atoms with van der Waals surface area (Å²) < 4.78 is 56.7. The Kier molecular flexibility index (Phi) is 7.24. The lowest BCUT2D eigenvalue weighted by Gasteiger charge is -2.21. The second-order valence-corrected chi connectivity index (χ2v) is 9.95. The number of aromatic hydroxyl groups is 1. The second-order valence-electron chi connectivity index (χ2n) is 8.45. The van der Waals surface area contributed by atoms with Crippen molar-refractivity contribution in [1.29, 1.82) is 0 Å². The van der Waals surface area contributed by atoms with Crippen LogP contribution in [0.3, 0.4) is 0 Å². The maximum atomic E-state index is 15.6. The fraction of sp³-hybridized carbons (Fsp3) is 0.381.